The lowest BCUT2D eigenvalue weighted by Gasteiger charge is -2.08. The number of carbonyl (C=O) groups excluding carboxylic acids is 2. The van der Waals surface area contributed by atoms with Crippen LogP contribution < -0.4 is 16.4 Å². The molecule has 0 aliphatic rings. The largest absolute Gasteiger partial charge is 0.290 e. The molecule has 126 valence electrons. The number of aromatic amines is 1. The van der Waals surface area contributed by atoms with Gasteiger partial charge in [0, 0.05) is 24.2 Å². The summed E-state index contributed by atoms with van der Waals surface area (Å²) in [6.07, 6.45) is 4.05. The number of carbonyl (C=O) groups is 2. The zero-order valence-electron chi connectivity index (χ0n) is 13.2. The average Bonchev–Trinajstić information content (AvgIpc) is 2.66. The predicted molar refractivity (Wildman–Crippen MR) is 90.5 cm³/mol. The first-order valence-electron chi connectivity index (χ1n) is 7.60. The van der Waals surface area contributed by atoms with Gasteiger partial charge in [-0.05, 0) is 24.1 Å². The van der Waals surface area contributed by atoms with Crippen LogP contribution in [0, 0.1) is 0 Å². The van der Waals surface area contributed by atoms with Crippen molar-refractivity contribution in [1.29, 1.82) is 0 Å². The number of aryl methyl sites for hydroxylation is 1. The number of H-pyrrole nitrogens is 1. The van der Waals surface area contributed by atoms with Crippen LogP contribution in [-0.4, -0.2) is 27.0 Å². The summed E-state index contributed by atoms with van der Waals surface area (Å²) in [7, 11) is 0. The van der Waals surface area contributed by atoms with E-state index in [1.807, 2.05) is 6.07 Å². The van der Waals surface area contributed by atoms with E-state index in [2.05, 4.69) is 26.0 Å². The lowest BCUT2D eigenvalue weighted by atomic mass is 10.1. The molecular weight excluding hydrogens is 322 g/mol. The summed E-state index contributed by atoms with van der Waals surface area (Å²) in [5.74, 6) is -0.951. The molecule has 0 saturated carbocycles. The van der Waals surface area contributed by atoms with Crippen molar-refractivity contribution in [1.82, 2.24) is 26.0 Å². The Morgan fingerprint density at radius 2 is 1.84 bits per heavy atom. The molecule has 3 aromatic rings. The first kappa shape index (κ1) is 16.3. The van der Waals surface area contributed by atoms with E-state index < -0.39 is 5.91 Å². The van der Waals surface area contributed by atoms with E-state index in [1.54, 1.807) is 42.7 Å². The van der Waals surface area contributed by atoms with Crippen LogP contribution in [0.2, 0.25) is 0 Å². The molecule has 8 nitrogen and oxygen atoms in total. The minimum absolute atomic E-state index is 0.0303. The van der Waals surface area contributed by atoms with Gasteiger partial charge in [-0.1, -0.05) is 24.3 Å². The van der Waals surface area contributed by atoms with E-state index >= 15 is 0 Å². The molecule has 3 N–H and O–H groups in total. The maximum Gasteiger partial charge on any atom is 0.290 e. The van der Waals surface area contributed by atoms with Gasteiger partial charge in [-0.15, -0.1) is 0 Å². The van der Waals surface area contributed by atoms with Gasteiger partial charge in [-0.3, -0.25) is 30.2 Å². The summed E-state index contributed by atoms with van der Waals surface area (Å²) in [6, 6.07) is 10.3. The zero-order valence-corrected chi connectivity index (χ0v) is 13.2. The van der Waals surface area contributed by atoms with E-state index in [-0.39, 0.29) is 23.6 Å². The minimum Gasteiger partial charge on any atom is -0.273 e. The topological polar surface area (TPSA) is 117 Å². The number of hydrogen-bond acceptors (Lipinski definition) is 5. The summed E-state index contributed by atoms with van der Waals surface area (Å²) in [4.78, 5) is 39.8. The second-order valence-electron chi connectivity index (χ2n) is 5.31. The van der Waals surface area contributed by atoms with Crippen molar-refractivity contribution in [2.75, 3.05) is 0 Å². The molecule has 0 spiro atoms. The number of amides is 2. The van der Waals surface area contributed by atoms with Crippen molar-refractivity contribution in [3.63, 3.8) is 0 Å². The van der Waals surface area contributed by atoms with Gasteiger partial charge in [-0.25, -0.2) is 5.10 Å². The molecule has 0 unspecified atom stereocenters. The van der Waals surface area contributed by atoms with E-state index in [0.717, 1.165) is 5.56 Å². The molecule has 0 fully saturated rings. The maximum atomic E-state index is 12.2. The number of benzene rings is 1. The summed E-state index contributed by atoms with van der Waals surface area (Å²) in [5.41, 5.74) is 5.22. The summed E-state index contributed by atoms with van der Waals surface area (Å²) < 4.78 is 0. The summed E-state index contributed by atoms with van der Waals surface area (Å²) in [5, 5.41) is 6.80. The van der Waals surface area contributed by atoms with Crippen molar-refractivity contribution < 1.29 is 9.59 Å². The predicted octanol–water partition coefficient (Wildman–Crippen LogP) is 0.712. The fourth-order valence-electron chi connectivity index (χ4n) is 2.34. The number of hydrogen-bond donors (Lipinski definition) is 3. The quantitative estimate of drug-likeness (QED) is 0.606. The van der Waals surface area contributed by atoms with Gasteiger partial charge < -0.3 is 0 Å². The van der Waals surface area contributed by atoms with Crippen LogP contribution in [0.3, 0.4) is 0 Å². The number of nitrogens with zero attached hydrogens (tertiary/aromatic N) is 2. The van der Waals surface area contributed by atoms with Gasteiger partial charge in [0.1, 0.15) is 0 Å². The van der Waals surface area contributed by atoms with Crippen LogP contribution in [0.1, 0.15) is 22.5 Å². The monoisotopic (exact) mass is 337 g/mol. The first-order chi connectivity index (χ1) is 12.1. The molecule has 2 heterocycles. The molecule has 0 aliphatic carbocycles. The molecule has 25 heavy (non-hydrogen) atoms. The Labute approximate surface area is 142 Å². The van der Waals surface area contributed by atoms with E-state index in [0.29, 0.717) is 17.2 Å². The Hall–Kier alpha value is -3.55. The first-order valence-corrected chi connectivity index (χ1v) is 7.60. The Morgan fingerprint density at radius 1 is 1.04 bits per heavy atom. The lowest BCUT2D eigenvalue weighted by molar-refractivity contribution is -0.121. The highest BCUT2D eigenvalue weighted by Gasteiger charge is 2.14. The van der Waals surface area contributed by atoms with Crippen LogP contribution in [0.5, 0.6) is 0 Å². The van der Waals surface area contributed by atoms with Crippen molar-refractivity contribution in [2.45, 2.75) is 12.8 Å². The van der Waals surface area contributed by atoms with Gasteiger partial charge >= 0.3 is 0 Å². The lowest BCUT2D eigenvalue weighted by Crippen LogP contribution is -2.42. The van der Waals surface area contributed by atoms with Crippen LogP contribution in [0.25, 0.3) is 10.8 Å². The highest BCUT2D eigenvalue weighted by molar-refractivity contribution is 6.05. The standard InChI is InChI=1S/C17H15N5O3/c23-14(8-7-11-4-3-9-18-10-11)19-22-17(25)15-12-5-1-2-6-13(12)16(24)21-20-15/h1-6,9-10H,7-8H2,(H,19,23)(H,21,24)(H,22,25). The molecular formula is C17H15N5O3. The molecule has 1 aromatic carbocycles. The smallest absolute Gasteiger partial charge is 0.273 e. The molecule has 8 heteroatoms. The average molecular weight is 337 g/mol. The second-order valence-corrected chi connectivity index (χ2v) is 5.31. The molecule has 0 aliphatic heterocycles. The Balaban J connectivity index is 1.62. The minimum atomic E-state index is -0.609. The zero-order chi connectivity index (χ0) is 17.6. The Morgan fingerprint density at radius 3 is 2.60 bits per heavy atom. The van der Waals surface area contributed by atoms with Crippen LogP contribution in [0.15, 0.2) is 53.6 Å². The van der Waals surface area contributed by atoms with Crippen molar-refractivity contribution >= 4 is 22.6 Å². The van der Waals surface area contributed by atoms with Gasteiger partial charge in [0.15, 0.2) is 5.69 Å². The SMILES string of the molecule is O=C(CCc1cccnc1)NNC(=O)c1n[nH]c(=O)c2ccccc12. The summed E-state index contributed by atoms with van der Waals surface area (Å²) >= 11 is 0. The number of nitrogens with one attached hydrogen (secondary N) is 3. The third kappa shape index (κ3) is 3.86. The molecule has 0 atom stereocenters. The fraction of sp³-hybridized carbons (Fsp3) is 0.118. The maximum absolute atomic E-state index is 12.2. The van der Waals surface area contributed by atoms with Crippen molar-refractivity contribution in [3.8, 4) is 0 Å². The Bertz CT molecular complexity index is 969. The highest BCUT2D eigenvalue weighted by Crippen LogP contribution is 2.11. The number of pyridine rings is 1. The van der Waals surface area contributed by atoms with Crippen LogP contribution >= 0.6 is 0 Å². The third-order valence-electron chi connectivity index (χ3n) is 3.59. The highest BCUT2D eigenvalue weighted by atomic mass is 16.2. The Kier molecular flexibility index (Phi) is 4.79. The number of hydrazine groups is 1. The third-order valence-corrected chi connectivity index (χ3v) is 3.59. The number of aromatic nitrogens is 3. The van der Waals surface area contributed by atoms with E-state index in [1.165, 1.54) is 0 Å². The molecule has 0 saturated heterocycles. The van der Waals surface area contributed by atoms with Gasteiger partial charge in [0.2, 0.25) is 5.91 Å². The van der Waals surface area contributed by atoms with E-state index in [9.17, 15) is 14.4 Å². The molecule has 0 radical (unpaired) electrons. The number of rotatable bonds is 4. The normalized spacial score (nSPS) is 10.4. The van der Waals surface area contributed by atoms with Gasteiger partial charge in [0.25, 0.3) is 11.5 Å². The van der Waals surface area contributed by atoms with Crippen molar-refractivity contribution in [2.24, 2.45) is 0 Å². The second kappa shape index (κ2) is 7.35. The van der Waals surface area contributed by atoms with Crippen molar-refractivity contribution in [3.05, 3.63) is 70.4 Å². The molecule has 2 amide bonds. The fourth-order valence-corrected chi connectivity index (χ4v) is 2.34. The van der Waals surface area contributed by atoms with Gasteiger partial charge in [-0.2, -0.15) is 5.10 Å². The summed E-state index contributed by atoms with van der Waals surface area (Å²) in [6.45, 7) is 0. The van der Waals surface area contributed by atoms with Gasteiger partial charge in [0.05, 0.1) is 5.39 Å². The molecule has 0 bridgehead atoms. The number of fused-ring (bicyclic) bond motifs is 1. The molecule has 2 aromatic heterocycles. The molecule has 3 rings (SSSR count). The van der Waals surface area contributed by atoms with E-state index in [4.69, 9.17) is 0 Å². The van der Waals surface area contributed by atoms with Crippen LogP contribution in [0.4, 0.5) is 0 Å². The van der Waals surface area contributed by atoms with Crippen LogP contribution in [-0.2, 0) is 11.2 Å².